The van der Waals surface area contributed by atoms with Crippen molar-refractivity contribution in [3.63, 3.8) is 0 Å². The first-order chi connectivity index (χ1) is 8.13. The number of nitrogens with zero attached hydrogens (tertiary/aromatic N) is 2. The molecule has 6 heteroatoms. The molecule has 1 saturated heterocycles. The van der Waals surface area contributed by atoms with E-state index in [1.165, 1.54) is 0 Å². The van der Waals surface area contributed by atoms with Crippen molar-refractivity contribution in [1.29, 1.82) is 0 Å². The second-order valence-corrected chi connectivity index (χ2v) is 6.06. The second kappa shape index (κ2) is 4.85. The molecule has 0 atom stereocenters. The van der Waals surface area contributed by atoms with Crippen molar-refractivity contribution >= 4 is 11.8 Å². The number of hydrogen-bond donors (Lipinski definition) is 2. The monoisotopic (exact) mass is 256 g/mol. The highest BCUT2D eigenvalue weighted by atomic mass is 16.2. The summed E-state index contributed by atoms with van der Waals surface area (Å²) >= 11 is 0. The predicted octanol–water partition coefficient (Wildman–Crippen LogP) is -0.445. The van der Waals surface area contributed by atoms with E-state index >= 15 is 0 Å². The molecule has 0 aromatic carbocycles. The number of nitrogens with two attached hydrogens (primary N) is 1. The van der Waals surface area contributed by atoms with E-state index < -0.39 is 11.0 Å². The zero-order valence-electron chi connectivity index (χ0n) is 11.9. The summed E-state index contributed by atoms with van der Waals surface area (Å²) in [6.45, 7) is 9.38. The van der Waals surface area contributed by atoms with Crippen LogP contribution in [0, 0.1) is 5.41 Å². The highest BCUT2D eigenvalue weighted by molar-refractivity contribution is 5.86. The molecule has 104 valence electrons. The van der Waals surface area contributed by atoms with Crippen molar-refractivity contribution in [2.75, 3.05) is 26.7 Å². The minimum atomic E-state index is -0.623. The minimum absolute atomic E-state index is 0.0812. The van der Waals surface area contributed by atoms with Gasteiger partial charge in [0.05, 0.1) is 11.0 Å². The average Bonchev–Trinajstić information content (AvgIpc) is 2.29. The maximum atomic E-state index is 12.1. The molecule has 1 fully saturated rings. The third kappa shape index (κ3) is 2.64. The van der Waals surface area contributed by atoms with Gasteiger partial charge in [-0.05, 0) is 27.7 Å². The first-order valence-corrected chi connectivity index (χ1v) is 6.14. The fourth-order valence-corrected chi connectivity index (χ4v) is 2.28. The van der Waals surface area contributed by atoms with Crippen LogP contribution < -0.4 is 11.3 Å². The van der Waals surface area contributed by atoms with E-state index in [0.717, 1.165) is 6.54 Å². The largest absolute Gasteiger partial charge is 0.343 e. The normalized spacial score (nSPS) is 21.0. The molecular weight excluding hydrogens is 232 g/mol. The Kier molecular flexibility index (Phi) is 4.02. The van der Waals surface area contributed by atoms with Crippen LogP contribution in [0.4, 0.5) is 0 Å². The van der Waals surface area contributed by atoms with Gasteiger partial charge in [0.25, 0.3) is 0 Å². The summed E-state index contributed by atoms with van der Waals surface area (Å²) in [5.41, 5.74) is 0.974. The molecule has 18 heavy (non-hydrogen) atoms. The van der Waals surface area contributed by atoms with E-state index in [1.807, 2.05) is 32.6 Å². The summed E-state index contributed by atoms with van der Waals surface area (Å²) < 4.78 is 0. The van der Waals surface area contributed by atoms with Crippen molar-refractivity contribution in [3.8, 4) is 0 Å². The second-order valence-electron chi connectivity index (χ2n) is 6.06. The van der Waals surface area contributed by atoms with Gasteiger partial charge in [0, 0.05) is 26.7 Å². The Labute approximate surface area is 108 Å². The molecule has 3 N–H and O–H groups in total. The van der Waals surface area contributed by atoms with E-state index in [-0.39, 0.29) is 11.8 Å². The van der Waals surface area contributed by atoms with E-state index in [2.05, 4.69) is 5.43 Å². The van der Waals surface area contributed by atoms with Crippen molar-refractivity contribution in [2.45, 2.75) is 33.2 Å². The zero-order chi connectivity index (χ0) is 14.1. The van der Waals surface area contributed by atoms with Crippen LogP contribution >= 0.6 is 0 Å². The number of rotatable bonds is 3. The molecule has 1 aliphatic heterocycles. The fourth-order valence-electron chi connectivity index (χ4n) is 2.28. The van der Waals surface area contributed by atoms with E-state index in [1.54, 1.807) is 11.9 Å². The number of likely N-dealkylation sites (N-methyl/N-ethyl adjacent to an activating group) is 1. The maximum Gasteiger partial charge on any atom is 0.242 e. The van der Waals surface area contributed by atoms with E-state index in [4.69, 9.17) is 5.84 Å². The Hall–Kier alpha value is -1.14. The lowest BCUT2D eigenvalue weighted by atomic mass is 9.88. The molecule has 0 saturated carbocycles. The SMILES string of the molecule is CN1CCN(CC(C)(C)C(=O)NN)C(C)(C)C1=O. The van der Waals surface area contributed by atoms with Crippen LogP contribution in [0.15, 0.2) is 0 Å². The highest BCUT2D eigenvalue weighted by Gasteiger charge is 2.43. The Morgan fingerprint density at radius 2 is 2.00 bits per heavy atom. The summed E-state index contributed by atoms with van der Waals surface area (Å²) in [5.74, 6) is 5.05. The third-order valence-corrected chi connectivity index (χ3v) is 3.70. The van der Waals surface area contributed by atoms with Crippen LogP contribution in [-0.4, -0.2) is 53.8 Å². The Morgan fingerprint density at radius 3 is 2.50 bits per heavy atom. The number of amides is 2. The van der Waals surface area contributed by atoms with Crippen LogP contribution in [0.2, 0.25) is 0 Å². The van der Waals surface area contributed by atoms with Crippen molar-refractivity contribution < 1.29 is 9.59 Å². The minimum Gasteiger partial charge on any atom is -0.343 e. The van der Waals surface area contributed by atoms with Gasteiger partial charge in [-0.3, -0.25) is 19.9 Å². The smallest absolute Gasteiger partial charge is 0.242 e. The van der Waals surface area contributed by atoms with Crippen LogP contribution in [0.5, 0.6) is 0 Å². The lowest BCUT2D eigenvalue weighted by molar-refractivity contribution is -0.150. The molecule has 1 rings (SSSR count). The van der Waals surface area contributed by atoms with Gasteiger partial charge in [0.15, 0.2) is 0 Å². The zero-order valence-corrected chi connectivity index (χ0v) is 11.9. The first kappa shape index (κ1) is 14.9. The number of hydrogen-bond acceptors (Lipinski definition) is 4. The summed E-state index contributed by atoms with van der Waals surface area (Å²) in [7, 11) is 1.80. The van der Waals surface area contributed by atoms with Crippen molar-refractivity contribution in [1.82, 2.24) is 15.2 Å². The molecule has 2 amide bonds. The van der Waals surface area contributed by atoms with Gasteiger partial charge in [-0.25, -0.2) is 5.84 Å². The molecule has 0 radical (unpaired) electrons. The fraction of sp³-hybridized carbons (Fsp3) is 0.833. The molecule has 1 heterocycles. The molecule has 0 bridgehead atoms. The summed E-state index contributed by atoms with van der Waals surface area (Å²) in [5, 5.41) is 0. The maximum absolute atomic E-state index is 12.1. The Bertz CT molecular complexity index is 352. The summed E-state index contributed by atoms with van der Waals surface area (Å²) in [6, 6.07) is 0. The topological polar surface area (TPSA) is 78.7 Å². The number of hydrazine groups is 1. The molecular formula is C12H24N4O2. The van der Waals surface area contributed by atoms with Gasteiger partial charge in [-0.15, -0.1) is 0 Å². The molecule has 1 aliphatic rings. The molecule has 0 aliphatic carbocycles. The number of piperazine rings is 1. The van der Waals surface area contributed by atoms with Crippen LogP contribution in [0.3, 0.4) is 0 Å². The summed E-state index contributed by atoms with van der Waals surface area (Å²) in [6.07, 6.45) is 0. The van der Waals surface area contributed by atoms with Gasteiger partial charge in [0.1, 0.15) is 0 Å². The van der Waals surface area contributed by atoms with Crippen molar-refractivity contribution in [3.05, 3.63) is 0 Å². The standard InChI is InChI=1S/C12H24N4O2/c1-11(2,9(17)14-13)8-16-7-6-15(5)10(18)12(16,3)4/h6-8,13H2,1-5H3,(H,14,17). The van der Waals surface area contributed by atoms with Gasteiger partial charge in [-0.2, -0.15) is 0 Å². The van der Waals surface area contributed by atoms with Crippen LogP contribution in [0.25, 0.3) is 0 Å². The lowest BCUT2D eigenvalue weighted by Gasteiger charge is -2.47. The van der Waals surface area contributed by atoms with Crippen molar-refractivity contribution in [2.24, 2.45) is 11.3 Å². The molecule has 0 aromatic heterocycles. The molecule has 0 spiro atoms. The number of carbonyl (C=O) groups excluding carboxylic acids is 2. The lowest BCUT2D eigenvalue weighted by Crippen LogP contribution is -2.64. The quantitative estimate of drug-likeness (QED) is 0.407. The van der Waals surface area contributed by atoms with Gasteiger partial charge < -0.3 is 4.90 Å². The van der Waals surface area contributed by atoms with E-state index in [9.17, 15) is 9.59 Å². The highest BCUT2D eigenvalue weighted by Crippen LogP contribution is 2.27. The van der Waals surface area contributed by atoms with Crippen LogP contribution in [0.1, 0.15) is 27.7 Å². The Morgan fingerprint density at radius 1 is 1.44 bits per heavy atom. The number of nitrogens with one attached hydrogen (secondary N) is 1. The number of carbonyl (C=O) groups is 2. The van der Waals surface area contributed by atoms with E-state index in [0.29, 0.717) is 13.1 Å². The molecule has 6 nitrogen and oxygen atoms in total. The van der Waals surface area contributed by atoms with Crippen LogP contribution in [-0.2, 0) is 9.59 Å². The Balaban J connectivity index is 2.85. The first-order valence-electron chi connectivity index (χ1n) is 6.14. The molecule has 0 unspecified atom stereocenters. The third-order valence-electron chi connectivity index (χ3n) is 3.70. The van der Waals surface area contributed by atoms with Gasteiger partial charge >= 0.3 is 0 Å². The van der Waals surface area contributed by atoms with Gasteiger partial charge in [0.2, 0.25) is 11.8 Å². The average molecular weight is 256 g/mol. The predicted molar refractivity (Wildman–Crippen MR) is 69.4 cm³/mol. The molecule has 0 aromatic rings. The summed E-state index contributed by atoms with van der Waals surface area (Å²) in [4.78, 5) is 27.6. The van der Waals surface area contributed by atoms with Gasteiger partial charge in [-0.1, -0.05) is 0 Å².